The topological polar surface area (TPSA) is 81.4 Å². The van der Waals surface area contributed by atoms with E-state index in [2.05, 4.69) is 4.72 Å². The van der Waals surface area contributed by atoms with Crippen LogP contribution in [0.2, 0.25) is 10.0 Å². The molecule has 1 atom stereocenters. The molecule has 5 nitrogen and oxygen atoms in total. The number of hydrogen-bond acceptors (Lipinski definition) is 4. The maximum absolute atomic E-state index is 12.3. The van der Waals surface area contributed by atoms with Gasteiger partial charge < -0.3 is 10.5 Å². The minimum atomic E-state index is -3.68. The van der Waals surface area contributed by atoms with E-state index in [0.29, 0.717) is 30.3 Å². The number of sulfonamides is 1. The summed E-state index contributed by atoms with van der Waals surface area (Å²) in [4.78, 5) is 0.00271. The van der Waals surface area contributed by atoms with Crippen LogP contribution in [0.15, 0.2) is 17.0 Å². The Morgan fingerprint density at radius 1 is 1.35 bits per heavy atom. The number of hydrogen-bond donors (Lipinski definition) is 2. The lowest BCUT2D eigenvalue weighted by molar-refractivity contribution is 0.186. The van der Waals surface area contributed by atoms with Crippen molar-refractivity contribution in [2.24, 2.45) is 11.7 Å². The van der Waals surface area contributed by atoms with Crippen molar-refractivity contribution in [2.75, 3.05) is 19.8 Å². The quantitative estimate of drug-likeness (QED) is 0.857. The van der Waals surface area contributed by atoms with Crippen LogP contribution in [0.3, 0.4) is 0 Å². The molecule has 1 heterocycles. The van der Waals surface area contributed by atoms with Crippen LogP contribution >= 0.6 is 23.2 Å². The van der Waals surface area contributed by atoms with Gasteiger partial charge in [0.05, 0.1) is 11.6 Å². The molecule has 1 aliphatic rings. The minimum Gasteiger partial charge on any atom is -0.381 e. The molecule has 20 heavy (non-hydrogen) atoms. The third-order valence-corrected chi connectivity index (χ3v) is 5.44. The van der Waals surface area contributed by atoms with Crippen LogP contribution in [-0.2, 0) is 21.3 Å². The van der Waals surface area contributed by atoms with E-state index in [9.17, 15) is 8.42 Å². The third-order valence-electron chi connectivity index (χ3n) is 3.20. The van der Waals surface area contributed by atoms with Gasteiger partial charge in [-0.1, -0.05) is 23.2 Å². The van der Waals surface area contributed by atoms with Crippen LogP contribution in [0.1, 0.15) is 12.0 Å². The summed E-state index contributed by atoms with van der Waals surface area (Å²) < 4.78 is 32.3. The second kappa shape index (κ2) is 6.60. The summed E-state index contributed by atoms with van der Waals surface area (Å²) in [6.45, 7) is 1.73. The average Bonchev–Trinajstić information content (AvgIpc) is 2.89. The summed E-state index contributed by atoms with van der Waals surface area (Å²) in [5.41, 5.74) is 6.07. The van der Waals surface area contributed by atoms with Gasteiger partial charge in [0.2, 0.25) is 10.0 Å². The Morgan fingerprint density at radius 2 is 2.10 bits per heavy atom. The number of ether oxygens (including phenoxy) is 1. The molecule has 1 aliphatic heterocycles. The zero-order chi connectivity index (χ0) is 14.8. The van der Waals surface area contributed by atoms with Crippen LogP contribution in [0, 0.1) is 5.92 Å². The third kappa shape index (κ3) is 3.63. The van der Waals surface area contributed by atoms with Gasteiger partial charge in [-0.15, -0.1) is 0 Å². The maximum atomic E-state index is 12.3. The van der Waals surface area contributed by atoms with Gasteiger partial charge in [0, 0.05) is 24.7 Å². The van der Waals surface area contributed by atoms with Gasteiger partial charge in [-0.05, 0) is 30.0 Å². The summed E-state index contributed by atoms with van der Waals surface area (Å²) in [6, 6.07) is 2.82. The van der Waals surface area contributed by atoms with E-state index >= 15 is 0 Å². The molecule has 112 valence electrons. The fraction of sp³-hybridized carbons (Fsp3) is 0.500. The normalized spacial score (nSPS) is 19.4. The standard InChI is InChI=1S/C12H16Cl2N2O3S/c13-10-4-11(14)12(3-9(10)5-15)20(17,18)16-6-8-1-2-19-7-8/h3-4,8,16H,1-2,5-7,15H2. The minimum absolute atomic E-state index is 0.00271. The van der Waals surface area contributed by atoms with Crippen molar-refractivity contribution in [1.82, 2.24) is 4.72 Å². The summed E-state index contributed by atoms with van der Waals surface area (Å²) in [7, 11) is -3.68. The van der Waals surface area contributed by atoms with E-state index in [1.807, 2.05) is 0 Å². The molecule has 0 spiro atoms. The van der Waals surface area contributed by atoms with Crippen LogP contribution in [0.5, 0.6) is 0 Å². The Kier molecular flexibility index (Phi) is 5.28. The van der Waals surface area contributed by atoms with Crippen molar-refractivity contribution in [3.8, 4) is 0 Å². The molecule has 0 radical (unpaired) electrons. The number of nitrogens with one attached hydrogen (secondary N) is 1. The molecule has 1 aromatic rings. The molecule has 1 unspecified atom stereocenters. The van der Waals surface area contributed by atoms with Crippen molar-refractivity contribution < 1.29 is 13.2 Å². The van der Waals surface area contributed by atoms with Gasteiger partial charge in [0.1, 0.15) is 4.90 Å². The highest BCUT2D eigenvalue weighted by Crippen LogP contribution is 2.28. The summed E-state index contributed by atoms with van der Waals surface area (Å²) >= 11 is 11.9. The van der Waals surface area contributed by atoms with Crippen molar-refractivity contribution >= 4 is 33.2 Å². The van der Waals surface area contributed by atoms with E-state index in [1.54, 1.807) is 0 Å². The second-order valence-corrected chi connectivity index (χ2v) is 7.21. The fourth-order valence-electron chi connectivity index (χ4n) is 1.98. The predicted molar refractivity (Wildman–Crippen MR) is 78.5 cm³/mol. The number of rotatable bonds is 5. The van der Waals surface area contributed by atoms with E-state index in [0.717, 1.165) is 6.42 Å². The predicted octanol–water partition coefficient (Wildman–Crippen LogP) is 1.77. The average molecular weight is 339 g/mol. The van der Waals surface area contributed by atoms with Crippen molar-refractivity contribution in [3.05, 3.63) is 27.7 Å². The molecular formula is C12H16Cl2N2O3S. The van der Waals surface area contributed by atoms with E-state index in [-0.39, 0.29) is 22.4 Å². The van der Waals surface area contributed by atoms with Gasteiger partial charge in [0.15, 0.2) is 0 Å². The lowest BCUT2D eigenvalue weighted by Gasteiger charge is -2.13. The van der Waals surface area contributed by atoms with Gasteiger partial charge in [-0.2, -0.15) is 0 Å². The fourth-order valence-corrected chi connectivity index (χ4v) is 3.97. The second-order valence-electron chi connectivity index (χ2n) is 4.66. The maximum Gasteiger partial charge on any atom is 0.242 e. The lowest BCUT2D eigenvalue weighted by atomic mass is 10.1. The van der Waals surface area contributed by atoms with E-state index in [4.69, 9.17) is 33.7 Å². The molecule has 0 aromatic heterocycles. The highest BCUT2D eigenvalue weighted by molar-refractivity contribution is 7.89. The summed E-state index contributed by atoms with van der Waals surface area (Å²) in [5.74, 6) is 0.199. The van der Waals surface area contributed by atoms with Crippen molar-refractivity contribution in [2.45, 2.75) is 17.9 Å². The van der Waals surface area contributed by atoms with Crippen molar-refractivity contribution in [3.63, 3.8) is 0 Å². The van der Waals surface area contributed by atoms with Gasteiger partial charge in [-0.3, -0.25) is 0 Å². The molecule has 0 saturated carbocycles. The number of halogens is 2. The number of benzene rings is 1. The smallest absolute Gasteiger partial charge is 0.242 e. The highest BCUT2D eigenvalue weighted by Gasteiger charge is 2.23. The molecule has 0 aliphatic carbocycles. The van der Waals surface area contributed by atoms with Crippen LogP contribution < -0.4 is 10.5 Å². The molecule has 3 N–H and O–H groups in total. The molecule has 0 amide bonds. The highest BCUT2D eigenvalue weighted by atomic mass is 35.5. The summed E-state index contributed by atoms with van der Waals surface area (Å²) in [5, 5.41) is 0.447. The molecular weight excluding hydrogens is 323 g/mol. The molecule has 1 aromatic carbocycles. The Morgan fingerprint density at radius 3 is 2.70 bits per heavy atom. The Bertz CT molecular complexity index is 587. The van der Waals surface area contributed by atoms with E-state index < -0.39 is 10.0 Å². The molecule has 1 saturated heterocycles. The Hall–Kier alpha value is -0.370. The lowest BCUT2D eigenvalue weighted by Crippen LogP contribution is -2.30. The van der Waals surface area contributed by atoms with Crippen LogP contribution in [0.4, 0.5) is 0 Å². The van der Waals surface area contributed by atoms with Crippen LogP contribution in [0.25, 0.3) is 0 Å². The Balaban J connectivity index is 2.19. The molecule has 1 fully saturated rings. The first-order valence-electron chi connectivity index (χ1n) is 6.19. The monoisotopic (exact) mass is 338 g/mol. The SMILES string of the molecule is NCc1cc(S(=O)(=O)NCC2CCOC2)c(Cl)cc1Cl. The first kappa shape index (κ1) is 16.0. The van der Waals surface area contributed by atoms with Crippen LogP contribution in [-0.4, -0.2) is 28.2 Å². The zero-order valence-electron chi connectivity index (χ0n) is 10.7. The first-order valence-corrected chi connectivity index (χ1v) is 8.43. The molecule has 8 heteroatoms. The first-order chi connectivity index (χ1) is 9.44. The van der Waals surface area contributed by atoms with Gasteiger partial charge in [0.25, 0.3) is 0 Å². The van der Waals surface area contributed by atoms with Gasteiger partial charge >= 0.3 is 0 Å². The molecule has 2 rings (SSSR count). The largest absolute Gasteiger partial charge is 0.381 e. The Labute approximate surface area is 128 Å². The number of nitrogens with two attached hydrogens (primary N) is 1. The van der Waals surface area contributed by atoms with Crippen molar-refractivity contribution in [1.29, 1.82) is 0 Å². The zero-order valence-corrected chi connectivity index (χ0v) is 13.1. The molecule has 0 bridgehead atoms. The van der Waals surface area contributed by atoms with Gasteiger partial charge in [-0.25, -0.2) is 13.1 Å². The summed E-state index contributed by atoms with van der Waals surface area (Å²) in [6.07, 6.45) is 0.852. The van der Waals surface area contributed by atoms with E-state index in [1.165, 1.54) is 12.1 Å².